The van der Waals surface area contributed by atoms with E-state index in [0.29, 0.717) is 5.56 Å². The van der Waals surface area contributed by atoms with E-state index in [-0.39, 0.29) is 17.7 Å². The number of aliphatic carboxylic acids is 1. The number of carbonyl (C=O) groups is 3. The highest BCUT2D eigenvalue weighted by Crippen LogP contribution is 2.57. The number of hydrogen-bond acceptors (Lipinski definition) is 4. The summed E-state index contributed by atoms with van der Waals surface area (Å²) in [6.07, 6.45) is 2.38. The van der Waals surface area contributed by atoms with E-state index in [0.717, 1.165) is 40.8 Å². The number of aryl methyl sites for hydroxylation is 1. The van der Waals surface area contributed by atoms with Gasteiger partial charge in [0.25, 0.3) is 5.91 Å². The molecule has 6 nitrogen and oxygen atoms in total. The molecule has 4 atom stereocenters. The van der Waals surface area contributed by atoms with Crippen LogP contribution in [-0.2, 0) is 16.0 Å². The minimum absolute atomic E-state index is 0.0485. The van der Waals surface area contributed by atoms with Crippen molar-refractivity contribution in [1.29, 1.82) is 0 Å². The molecule has 0 aliphatic heterocycles. The Hall–Kier alpha value is -2.15. The van der Waals surface area contributed by atoms with Gasteiger partial charge < -0.3 is 5.11 Å². The van der Waals surface area contributed by atoms with Gasteiger partial charge in [0, 0.05) is 10.3 Å². The van der Waals surface area contributed by atoms with Gasteiger partial charge in [-0.2, -0.15) is 0 Å². The average Bonchev–Trinajstić information content (AvgIpc) is 3.29. The van der Waals surface area contributed by atoms with Gasteiger partial charge in [-0.1, -0.05) is 18.1 Å². The van der Waals surface area contributed by atoms with E-state index in [1.165, 1.54) is 11.3 Å². The van der Waals surface area contributed by atoms with E-state index in [9.17, 15) is 19.5 Å². The predicted molar refractivity (Wildman–Crippen MR) is 103 cm³/mol. The van der Waals surface area contributed by atoms with E-state index in [4.69, 9.17) is 0 Å². The zero-order chi connectivity index (χ0) is 19.9. The molecule has 3 rings (SSSR count). The van der Waals surface area contributed by atoms with Crippen LogP contribution in [0.5, 0.6) is 0 Å². The molecule has 2 aliphatic rings. The lowest BCUT2D eigenvalue weighted by atomic mass is 9.79. The highest BCUT2D eigenvalue weighted by molar-refractivity contribution is 7.10. The molecular weight excluding hydrogens is 364 g/mol. The highest BCUT2D eigenvalue weighted by Gasteiger charge is 2.57. The molecule has 0 spiro atoms. The van der Waals surface area contributed by atoms with Crippen LogP contribution < -0.4 is 10.9 Å². The first kappa shape index (κ1) is 19.6. The number of carbonyl (C=O) groups excluding carboxylic acids is 2. The molecule has 2 bridgehead atoms. The molecule has 0 radical (unpaired) electrons. The van der Waals surface area contributed by atoms with Crippen molar-refractivity contribution in [1.82, 2.24) is 10.9 Å². The van der Waals surface area contributed by atoms with Crippen molar-refractivity contribution < 1.29 is 19.5 Å². The van der Waals surface area contributed by atoms with Crippen molar-refractivity contribution in [3.8, 4) is 0 Å². The largest absolute Gasteiger partial charge is 0.481 e. The first-order chi connectivity index (χ1) is 12.8. The Kier molecular flexibility index (Phi) is 5.42. The molecule has 1 aromatic heterocycles. The molecule has 1 heterocycles. The van der Waals surface area contributed by atoms with Crippen molar-refractivity contribution >= 4 is 29.1 Å². The number of nitrogens with one attached hydrogen (secondary N) is 2. The Bertz CT molecular complexity index is 822. The van der Waals surface area contributed by atoms with Gasteiger partial charge in [0.05, 0.1) is 17.4 Å². The lowest BCUT2D eigenvalue weighted by Gasteiger charge is -2.26. The predicted octanol–water partition coefficient (Wildman–Crippen LogP) is 3.07. The molecule has 0 aromatic carbocycles. The summed E-state index contributed by atoms with van der Waals surface area (Å²) in [4.78, 5) is 38.2. The fourth-order valence-electron chi connectivity index (χ4n) is 4.98. The molecule has 0 unspecified atom stereocenters. The summed E-state index contributed by atoms with van der Waals surface area (Å²) in [7, 11) is 0. The Balaban J connectivity index is 1.75. The maximum absolute atomic E-state index is 12.8. The number of allylic oxidation sites excluding steroid dienone is 2. The first-order valence-electron chi connectivity index (χ1n) is 9.35. The fraction of sp³-hybridized carbons (Fsp3) is 0.550. The van der Waals surface area contributed by atoms with Crippen molar-refractivity contribution in [2.45, 2.75) is 47.0 Å². The van der Waals surface area contributed by atoms with Crippen molar-refractivity contribution in [2.75, 3.05) is 0 Å². The number of rotatable bonds is 4. The maximum atomic E-state index is 12.8. The molecule has 146 valence electrons. The minimum atomic E-state index is -0.936. The number of fused-ring (bicyclic) bond motifs is 2. The second-order valence-electron chi connectivity index (χ2n) is 7.62. The molecule has 7 heteroatoms. The van der Waals surface area contributed by atoms with Crippen LogP contribution in [0.4, 0.5) is 0 Å². The number of carboxylic acids is 1. The summed E-state index contributed by atoms with van der Waals surface area (Å²) in [6.45, 7) is 7.91. The lowest BCUT2D eigenvalue weighted by Crippen LogP contribution is -2.48. The lowest BCUT2D eigenvalue weighted by molar-refractivity contribution is -0.149. The normalized spacial score (nSPS) is 26.1. The molecule has 2 fully saturated rings. The van der Waals surface area contributed by atoms with Crippen molar-refractivity contribution in [3.05, 3.63) is 32.5 Å². The van der Waals surface area contributed by atoms with E-state index >= 15 is 0 Å². The molecule has 2 amide bonds. The van der Waals surface area contributed by atoms with Crippen LogP contribution in [0.2, 0.25) is 0 Å². The standard InChI is InChI=1S/C20H26N2O4S/c1-5-11-10(4)27-8-14(11)18(23)21-22-19(24)16-12-6-7-13(15(12)9(2)3)17(16)20(25)26/h8,12-13,16-17H,5-7H2,1-4H3,(H,21,23)(H,22,24)(H,25,26)/t12-,13+,16+,17-/m0/s1. The zero-order valence-corrected chi connectivity index (χ0v) is 16.9. The van der Waals surface area contributed by atoms with Gasteiger partial charge in [-0.15, -0.1) is 11.3 Å². The maximum Gasteiger partial charge on any atom is 0.307 e. The number of hydrazine groups is 1. The van der Waals surface area contributed by atoms with Crippen molar-refractivity contribution in [2.24, 2.45) is 23.7 Å². The van der Waals surface area contributed by atoms with Crippen LogP contribution >= 0.6 is 11.3 Å². The van der Waals surface area contributed by atoms with E-state index in [2.05, 4.69) is 10.9 Å². The van der Waals surface area contributed by atoms with Crippen LogP contribution in [0, 0.1) is 30.6 Å². The number of amides is 2. The second kappa shape index (κ2) is 7.46. The number of carboxylic acid groups (broad SMARTS) is 1. The minimum Gasteiger partial charge on any atom is -0.481 e. The van der Waals surface area contributed by atoms with Crippen molar-refractivity contribution in [3.63, 3.8) is 0 Å². The molecule has 2 aliphatic carbocycles. The average molecular weight is 391 g/mol. The third-order valence-corrected chi connectivity index (χ3v) is 6.96. The van der Waals surface area contributed by atoms with Crippen LogP contribution in [0.3, 0.4) is 0 Å². The Morgan fingerprint density at radius 1 is 1.15 bits per heavy atom. The van der Waals surface area contributed by atoms with Gasteiger partial charge in [0.2, 0.25) is 5.91 Å². The Morgan fingerprint density at radius 2 is 1.78 bits per heavy atom. The molecule has 1 aromatic rings. The summed E-state index contributed by atoms with van der Waals surface area (Å²) in [5.41, 5.74) is 8.74. The highest BCUT2D eigenvalue weighted by atomic mass is 32.1. The van der Waals surface area contributed by atoms with E-state index in [1.54, 1.807) is 5.38 Å². The summed E-state index contributed by atoms with van der Waals surface area (Å²) >= 11 is 1.50. The van der Waals surface area contributed by atoms with Gasteiger partial charge >= 0.3 is 5.97 Å². The Labute approximate surface area is 163 Å². The summed E-state index contributed by atoms with van der Waals surface area (Å²) in [5.74, 6) is -3.19. The second-order valence-corrected chi connectivity index (χ2v) is 8.70. The van der Waals surface area contributed by atoms with Gasteiger partial charge in [0.1, 0.15) is 0 Å². The molecule has 2 saturated carbocycles. The van der Waals surface area contributed by atoms with E-state index < -0.39 is 23.7 Å². The SMILES string of the molecule is CCc1c(C(=O)NNC(=O)[C@H]2[C@@H](C(=O)O)[C@@H]3CC[C@H]2C3=C(C)C)csc1C. The quantitative estimate of drug-likeness (QED) is 0.544. The van der Waals surface area contributed by atoms with Crippen LogP contribution in [0.15, 0.2) is 16.5 Å². The summed E-state index contributed by atoms with van der Waals surface area (Å²) in [5, 5.41) is 11.5. The van der Waals surface area contributed by atoms with Crippen LogP contribution in [0.1, 0.15) is 54.4 Å². The van der Waals surface area contributed by atoms with Gasteiger partial charge in [-0.05, 0) is 57.4 Å². The van der Waals surface area contributed by atoms with Gasteiger partial charge in [0.15, 0.2) is 0 Å². The van der Waals surface area contributed by atoms with Crippen LogP contribution in [0.25, 0.3) is 0 Å². The molecule has 0 saturated heterocycles. The number of hydrogen-bond donors (Lipinski definition) is 3. The van der Waals surface area contributed by atoms with Gasteiger partial charge in [-0.3, -0.25) is 25.2 Å². The topological polar surface area (TPSA) is 95.5 Å². The summed E-state index contributed by atoms with van der Waals surface area (Å²) < 4.78 is 0. The molecule has 3 N–H and O–H groups in total. The monoisotopic (exact) mass is 390 g/mol. The van der Waals surface area contributed by atoms with Crippen LogP contribution in [-0.4, -0.2) is 22.9 Å². The zero-order valence-electron chi connectivity index (χ0n) is 16.1. The first-order valence-corrected chi connectivity index (χ1v) is 10.2. The smallest absolute Gasteiger partial charge is 0.307 e. The summed E-state index contributed by atoms with van der Waals surface area (Å²) in [6, 6.07) is 0. The van der Waals surface area contributed by atoms with Gasteiger partial charge in [-0.25, -0.2) is 0 Å². The number of thiophene rings is 1. The molecule has 27 heavy (non-hydrogen) atoms. The third-order valence-electron chi connectivity index (χ3n) is 6.01. The Morgan fingerprint density at radius 3 is 2.33 bits per heavy atom. The third kappa shape index (κ3) is 3.29. The molecular formula is C20H26N2O4S. The van der Waals surface area contributed by atoms with E-state index in [1.807, 2.05) is 27.7 Å². The fourth-order valence-corrected chi connectivity index (χ4v) is 5.92.